The van der Waals surface area contributed by atoms with Gasteiger partial charge in [0, 0.05) is 13.5 Å². The molecule has 126 valence electrons. The van der Waals surface area contributed by atoms with Crippen molar-refractivity contribution in [2.24, 2.45) is 13.0 Å². The second kappa shape index (κ2) is 6.76. The number of hydrogen-bond donors (Lipinski definition) is 0. The molecule has 0 amide bonds. The van der Waals surface area contributed by atoms with E-state index in [1.54, 1.807) is 17.7 Å². The summed E-state index contributed by atoms with van der Waals surface area (Å²) in [7, 11) is 1.73. The van der Waals surface area contributed by atoms with E-state index in [4.69, 9.17) is 4.42 Å². The van der Waals surface area contributed by atoms with Crippen molar-refractivity contribution >= 4 is 22.7 Å². The Morgan fingerprint density at radius 2 is 1.96 bits per heavy atom. The number of thioether (sulfide) groups is 1. The summed E-state index contributed by atoms with van der Waals surface area (Å²) >= 11 is 1.44. The molecule has 7 heteroatoms. The summed E-state index contributed by atoms with van der Waals surface area (Å²) in [5.41, 5.74) is 0.641. The average molecular weight is 344 g/mol. The van der Waals surface area contributed by atoms with Crippen molar-refractivity contribution in [3.05, 3.63) is 46.4 Å². The summed E-state index contributed by atoms with van der Waals surface area (Å²) in [4.78, 5) is 17.0. The smallest absolute Gasteiger partial charge is 0.261 e. The zero-order valence-corrected chi connectivity index (χ0v) is 15.0. The van der Waals surface area contributed by atoms with E-state index in [1.165, 1.54) is 11.8 Å². The maximum Gasteiger partial charge on any atom is 0.261 e. The summed E-state index contributed by atoms with van der Waals surface area (Å²) in [6.45, 7) is 6.19. The van der Waals surface area contributed by atoms with Gasteiger partial charge < -0.3 is 4.42 Å². The predicted molar refractivity (Wildman–Crippen MR) is 94.1 cm³/mol. The van der Waals surface area contributed by atoms with Gasteiger partial charge in [-0.1, -0.05) is 37.7 Å². The molecule has 0 saturated carbocycles. The normalized spacial score (nSPS) is 12.9. The van der Waals surface area contributed by atoms with Crippen LogP contribution < -0.4 is 5.56 Å². The second-order valence-corrected chi connectivity index (χ2v) is 7.48. The SMILES string of the molecule is CC(C)Cc1nnc([C@@H](C)Sc2nc3ccccc3c(=O)n2C)o1. The second-order valence-electron chi connectivity index (χ2n) is 6.17. The topological polar surface area (TPSA) is 73.8 Å². The average Bonchev–Trinajstić information content (AvgIpc) is 3.00. The van der Waals surface area contributed by atoms with Crippen LogP contribution in [0.3, 0.4) is 0 Å². The molecule has 0 fully saturated rings. The van der Waals surface area contributed by atoms with E-state index in [0.717, 1.165) is 6.42 Å². The van der Waals surface area contributed by atoms with Gasteiger partial charge >= 0.3 is 0 Å². The summed E-state index contributed by atoms with van der Waals surface area (Å²) in [5, 5.41) is 9.39. The molecule has 3 rings (SSSR count). The first kappa shape index (κ1) is 16.7. The fourth-order valence-corrected chi connectivity index (χ4v) is 3.28. The van der Waals surface area contributed by atoms with E-state index in [9.17, 15) is 4.79 Å². The minimum Gasteiger partial charge on any atom is -0.424 e. The first-order chi connectivity index (χ1) is 11.5. The van der Waals surface area contributed by atoms with Crippen LogP contribution in [0.15, 0.2) is 38.6 Å². The van der Waals surface area contributed by atoms with Crippen molar-refractivity contribution in [1.82, 2.24) is 19.7 Å². The van der Waals surface area contributed by atoms with Crippen molar-refractivity contribution in [3.8, 4) is 0 Å². The van der Waals surface area contributed by atoms with E-state index in [2.05, 4.69) is 29.0 Å². The quantitative estimate of drug-likeness (QED) is 0.522. The monoisotopic (exact) mass is 344 g/mol. The Labute approximate surface area is 144 Å². The third kappa shape index (κ3) is 3.36. The summed E-state index contributed by atoms with van der Waals surface area (Å²) in [6.07, 6.45) is 0.761. The van der Waals surface area contributed by atoms with Crippen molar-refractivity contribution in [3.63, 3.8) is 0 Å². The molecule has 0 radical (unpaired) electrons. The van der Waals surface area contributed by atoms with Gasteiger partial charge in [-0.05, 0) is 25.0 Å². The third-order valence-electron chi connectivity index (χ3n) is 3.64. The third-order valence-corrected chi connectivity index (χ3v) is 4.77. The Balaban J connectivity index is 1.88. The molecule has 0 aliphatic rings. The Morgan fingerprint density at radius 3 is 2.71 bits per heavy atom. The molecule has 2 aromatic heterocycles. The van der Waals surface area contributed by atoms with Gasteiger partial charge in [0.15, 0.2) is 5.16 Å². The van der Waals surface area contributed by atoms with Crippen LogP contribution in [0.1, 0.15) is 37.8 Å². The van der Waals surface area contributed by atoms with E-state index in [0.29, 0.717) is 33.8 Å². The molecular weight excluding hydrogens is 324 g/mol. The highest BCUT2D eigenvalue weighted by atomic mass is 32.2. The van der Waals surface area contributed by atoms with Crippen LogP contribution in [0.4, 0.5) is 0 Å². The first-order valence-electron chi connectivity index (χ1n) is 7.90. The van der Waals surface area contributed by atoms with Crippen LogP contribution >= 0.6 is 11.8 Å². The lowest BCUT2D eigenvalue weighted by Crippen LogP contribution is -2.20. The molecule has 24 heavy (non-hydrogen) atoms. The molecule has 0 aliphatic carbocycles. The minimum absolute atomic E-state index is 0.0543. The molecule has 0 bridgehead atoms. The predicted octanol–water partition coefficient (Wildman–Crippen LogP) is 3.37. The molecule has 0 aliphatic heterocycles. The maximum absolute atomic E-state index is 12.5. The van der Waals surface area contributed by atoms with Crippen molar-refractivity contribution in [1.29, 1.82) is 0 Å². The van der Waals surface area contributed by atoms with Crippen LogP contribution in [0.5, 0.6) is 0 Å². The van der Waals surface area contributed by atoms with Crippen molar-refractivity contribution in [2.75, 3.05) is 0 Å². The lowest BCUT2D eigenvalue weighted by atomic mass is 10.1. The maximum atomic E-state index is 12.5. The highest BCUT2D eigenvalue weighted by molar-refractivity contribution is 7.99. The molecule has 2 heterocycles. The van der Waals surface area contributed by atoms with E-state index in [1.807, 2.05) is 25.1 Å². The zero-order valence-electron chi connectivity index (χ0n) is 14.2. The van der Waals surface area contributed by atoms with Crippen LogP contribution in [0.25, 0.3) is 10.9 Å². The fraction of sp³-hybridized carbons (Fsp3) is 0.412. The summed E-state index contributed by atoms with van der Waals surface area (Å²) in [6, 6.07) is 7.36. The summed E-state index contributed by atoms with van der Waals surface area (Å²) in [5.74, 6) is 1.66. The van der Waals surface area contributed by atoms with Gasteiger partial charge in [-0.15, -0.1) is 10.2 Å². The van der Waals surface area contributed by atoms with E-state index in [-0.39, 0.29) is 10.8 Å². The Bertz CT molecular complexity index is 916. The van der Waals surface area contributed by atoms with Crippen LogP contribution in [0.2, 0.25) is 0 Å². The molecule has 1 atom stereocenters. The molecule has 6 nitrogen and oxygen atoms in total. The molecule has 1 aromatic carbocycles. The number of nitrogens with zero attached hydrogens (tertiary/aromatic N) is 4. The van der Waals surface area contributed by atoms with Crippen LogP contribution in [-0.2, 0) is 13.5 Å². The lowest BCUT2D eigenvalue weighted by Gasteiger charge is -2.11. The number of para-hydroxylation sites is 1. The Kier molecular flexibility index (Phi) is 4.71. The number of benzene rings is 1. The van der Waals surface area contributed by atoms with Gasteiger partial charge in [0.25, 0.3) is 5.56 Å². The van der Waals surface area contributed by atoms with Crippen molar-refractivity contribution in [2.45, 2.75) is 37.6 Å². The molecule has 3 aromatic rings. The van der Waals surface area contributed by atoms with Crippen LogP contribution in [-0.4, -0.2) is 19.7 Å². The molecular formula is C17H20N4O2S. The standard InChI is InChI=1S/C17H20N4O2S/c1-10(2)9-14-19-20-15(23-14)11(3)24-17-18-13-8-6-5-7-12(13)16(22)21(17)4/h5-8,10-11H,9H2,1-4H3/t11-/m1/s1. The zero-order chi connectivity index (χ0) is 17.3. The number of aromatic nitrogens is 4. The number of hydrogen-bond acceptors (Lipinski definition) is 6. The van der Waals surface area contributed by atoms with Gasteiger partial charge in [-0.25, -0.2) is 4.98 Å². The molecule has 0 N–H and O–H groups in total. The number of rotatable bonds is 5. The van der Waals surface area contributed by atoms with Crippen molar-refractivity contribution < 1.29 is 4.42 Å². The van der Waals surface area contributed by atoms with Gasteiger partial charge in [-0.2, -0.15) is 0 Å². The number of fused-ring (bicyclic) bond motifs is 1. The molecule has 0 saturated heterocycles. The van der Waals surface area contributed by atoms with Crippen LogP contribution in [0, 0.1) is 5.92 Å². The molecule has 0 spiro atoms. The Morgan fingerprint density at radius 1 is 1.21 bits per heavy atom. The Hall–Kier alpha value is -2.15. The highest BCUT2D eigenvalue weighted by Crippen LogP contribution is 2.32. The van der Waals surface area contributed by atoms with Gasteiger partial charge in [0.2, 0.25) is 11.8 Å². The lowest BCUT2D eigenvalue weighted by molar-refractivity contribution is 0.426. The highest BCUT2D eigenvalue weighted by Gasteiger charge is 2.19. The fourth-order valence-electron chi connectivity index (χ4n) is 2.37. The summed E-state index contributed by atoms with van der Waals surface area (Å²) < 4.78 is 7.29. The minimum atomic E-state index is -0.0855. The molecule has 0 unspecified atom stereocenters. The first-order valence-corrected chi connectivity index (χ1v) is 8.78. The van der Waals surface area contributed by atoms with E-state index >= 15 is 0 Å². The largest absolute Gasteiger partial charge is 0.424 e. The van der Waals surface area contributed by atoms with Gasteiger partial charge in [-0.3, -0.25) is 9.36 Å². The van der Waals surface area contributed by atoms with E-state index < -0.39 is 0 Å². The van der Waals surface area contributed by atoms with Gasteiger partial charge in [0.05, 0.1) is 16.2 Å². The van der Waals surface area contributed by atoms with Gasteiger partial charge in [0.1, 0.15) is 0 Å².